The zero-order valence-corrected chi connectivity index (χ0v) is 9.67. The van der Waals surface area contributed by atoms with E-state index in [0.717, 1.165) is 10.5 Å². The van der Waals surface area contributed by atoms with Gasteiger partial charge in [0, 0.05) is 19.8 Å². The molecule has 0 fully saturated rings. The van der Waals surface area contributed by atoms with Gasteiger partial charge in [-0.1, -0.05) is 23.9 Å². The van der Waals surface area contributed by atoms with Gasteiger partial charge in [0.25, 0.3) is 0 Å². The molecular weight excluding hydrogens is 225 g/mol. The molecule has 5 heteroatoms. The maximum Gasteiger partial charge on any atom is 0.137 e. The SMILES string of the molecule is Cn1cc(Sc2c(F)cccc2CN)cn1. The highest BCUT2D eigenvalue weighted by molar-refractivity contribution is 7.99. The zero-order chi connectivity index (χ0) is 11.5. The molecule has 2 N–H and O–H groups in total. The van der Waals surface area contributed by atoms with Crippen molar-refractivity contribution in [1.29, 1.82) is 0 Å². The maximum absolute atomic E-state index is 13.6. The van der Waals surface area contributed by atoms with Gasteiger partial charge in [0.15, 0.2) is 0 Å². The molecule has 0 saturated heterocycles. The molecule has 0 amide bonds. The molecule has 2 rings (SSSR count). The summed E-state index contributed by atoms with van der Waals surface area (Å²) in [5, 5.41) is 4.04. The Morgan fingerprint density at radius 2 is 2.31 bits per heavy atom. The van der Waals surface area contributed by atoms with Crippen LogP contribution >= 0.6 is 11.8 Å². The standard InChI is InChI=1S/C11H12FN3S/c1-15-7-9(6-14-15)16-11-8(5-13)3-2-4-10(11)12/h2-4,6-7H,5,13H2,1H3. The molecule has 16 heavy (non-hydrogen) atoms. The fourth-order valence-electron chi connectivity index (χ4n) is 1.40. The number of aromatic nitrogens is 2. The first-order valence-corrected chi connectivity index (χ1v) is 5.66. The Kier molecular flexibility index (Phi) is 3.26. The first-order valence-electron chi connectivity index (χ1n) is 4.84. The topological polar surface area (TPSA) is 43.8 Å². The van der Waals surface area contributed by atoms with Crippen LogP contribution in [0.3, 0.4) is 0 Å². The summed E-state index contributed by atoms with van der Waals surface area (Å²) in [5.41, 5.74) is 6.39. The molecule has 0 atom stereocenters. The van der Waals surface area contributed by atoms with Gasteiger partial charge in [-0.25, -0.2) is 4.39 Å². The number of benzene rings is 1. The molecule has 84 valence electrons. The quantitative estimate of drug-likeness (QED) is 0.889. The van der Waals surface area contributed by atoms with E-state index >= 15 is 0 Å². The number of halogens is 1. The highest BCUT2D eigenvalue weighted by Crippen LogP contribution is 2.32. The van der Waals surface area contributed by atoms with E-state index in [2.05, 4.69) is 5.10 Å². The number of hydrogen-bond acceptors (Lipinski definition) is 3. The van der Waals surface area contributed by atoms with Crippen molar-refractivity contribution in [2.75, 3.05) is 0 Å². The van der Waals surface area contributed by atoms with Crippen LogP contribution in [0.2, 0.25) is 0 Å². The van der Waals surface area contributed by atoms with E-state index in [9.17, 15) is 4.39 Å². The lowest BCUT2D eigenvalue weighted by molar-refractivity contribution is 0.597. The van der Waals surface area contributed by atoms with Crippen molar-refractivity contribution in [3.05, 3.63) is 42.0 Å². The summed E-state index contributed by atoms with van der Waals surface area (Å²) < 4.78 is 15.3. The van der Waals surface area contributed by atoms with Crippen molar-refractivity contribution in [2.45, 2.75) is 16.3 Å². The third kappa shape index (κ3) is 2.25. The summed E-state index contributed by atoms with van der Waals surface area (Å²) in [7, 11) is 1.83. The molecule has 1 heterocycles. The van der Waals surface area contributed by atoms with Crippen LogP contribution in [0.1, 0.15) is 5.56 Å². The molecular formula is C11H12FN3S. The van der Waals surface area contributed by atoms with Gasteiger partial charge < -0.3 is 5.73 Å². The smallest absolute Gasteiger partial charge is 0.137 e. The fourth-order valence-corrected chi connectivity index (χ4v) is 2.39. The average Bonchev–Trinajstić information content (AvgIpc) is 2.67. The average molecular weight is 237 g/mol. The minimum atomic E-state index is -0.239. The van der Waals surface area contributed by atoms with Crippen molar-refractivity contribution in [3.63, 3.8) is 0 Å². The molecule has 0 spiro atoms. The Hall–Kier alpha value is -1.33. The first kappa shape index (κ1) is 11.2. The van der Waals surface area contributed by atoms with Crippen molar-refractivity contribution in [3.8, 4) is 0 Å². The van der Waals surface area contributed by atoms with E-state index in [1.54, 1.807) is 16.9 Å². The molecule has 1 aromatic heterocycles. The van der Waals surface area contributed by atoms with Gasteiger partial charge in [0.1, 0.15) is 5.82 Å². The summed E-state index contributed by atoms with van der Waals surface area (Å²) in [4.78, 5) is 1.49. The van der Waals surface area contributed by atoms with E-state index in [1.807, 2.05) is 19.3 Å². The minimum Gasteiger partial charge on any atom is -0.326 e. The predicted octanol–water partition coefficient (Wildman–Crippen LogP) is 2.17. The Labute approximate surface area is 97.5 Å². The Balaban J connectivity index is 2.33. The summed E-state index contributed by atoms with van der Waals surface area (Å²) in [6.07, 6.45) is 3.55. The molecule has 1 aromatic carbocycles. The van der Waals surface area contributed by atoms with Gasteiger partial charge in [0.05, 0.1) is 16.0 Å². The van der Waals surface area contributed by atoms with E-state index in [1.165, 1.54) is 17.8 Å². The third-order valence-electron chi connectivity index (χ3n) is 2.17. The van der Waals surface area contributed by atoms with Crippen LogP contribution in [0.5, 0.6) is 0 Å². The second kappa shape index (κ2) is 4.67. The fraction of sp³-hybridized carbons (Fsp3) is 0.182. The normalized spacial score (nSPS) is 10.7. The van der Waals surface area contributed by atoms with Crippen molar-refractivity contribution in [1.82, 2.24) is 9.78 Å². The van der Waals surface area contributed by atoms with Crippen molar-refractivity contribution < 1.29 is 4.39 Å². The molecule has 3 nitrogen and oxygen atoms in total. The molecule has 2 aromatic rings. The highest BCUT2D eigenvalue weighted by atomic mass is 32.2. The van der Waals surface area contributed by atoms with Crippen LogP contribution in [0.15, 0.2) is 40.4 Å². The van der Waals surface area contributed by atoms with Crippen LogP contribution in [0.4, 0.5) is 4.39 Å². The molecule has 0 aliphatic carbocycles. The van der Waals surface area contributed by atoms with Gasteiger partial charge in [-0.05, 0) is 11.6 Å². The number of rotatable bonds is 3. The third-order valence-corrected chi connectivity index (χ3v) is 3.28. The summed E-state index contributed by atoms with van der Waals surface area (Å²) in [6.45, 7) is 0.334. The van der Waals surface area contributed by atoms with Crippen molar-refractivity contribution >= 4 is 11.8 Å². The number of hydrogen-bond donors (Lipinski definition) is 1. The minimum absolute atomic E-state index is 0.239. The van der Waals surface area contributed by atoms with Gasteiger partial charge in [-0.15, -0.1) is 0 Å². The van der Waals surface area contributed by atoms with E-state index in [4.69, 9.17) is 5.73 Å². The Morgan fingerprint density at radius 1 is 1.50 bits per heavy atom. The zero-order valence-electron chi connectivity index (χ0n) is 8.85. The lowest BCUT2D eigenvalue weighted by Gasteiger charge is -2.06. The van der Waals surface area contributed by atoms with E-state index < -0.39 is 0 Å². The van der Waals surface area contributed by atoms with Crippen LogP contribution in [0.25, 0.3) is 0 Å². The maximum atomic E-state index is 13.6. The second-order valence-electron chi connectivity index (χ2n) is 3.38. The monoisotopic (exact) mass is 237 g/mol. The van der Waals surface area contributed by atoms with Crippen molar-refractivity contribution in [2.24, 2.45) is 12.8 Å². The lowest BCUT2D eigenvalue weighted by atomic mass is 10.2. The molecule has 0 aliphatic rings. The molecule has 0 radical (unpaired) electrons. The molecule has 0 unspecified atom stereocenters. The van der Waals surface area contributed by atoms with E-state index in [-0.39, 0.29) is 5.82 Å². The summed E-state index contributed by atoms with van der Waals surface area (Å²) in [6, 6.07) is 4.95. The van der Waals surface area contributed by atoms with Gasteiger partial charge >= 0.3 is 0 Å². The second-order valence-corrected chi connectivity index (χ2v) is 4.47. The van der Waals surface area contributed by atoms with Crippen LogP contribution in [0, 0.1) is 5.82 Å². The highest BCUT2D eigenvalue weighted by Gasteiger charge is 2.09. The number of nitrogens with two attached hydrogens (primary N) is 1. The summed E-state index contributed by atoms with van der Waals surface area (Å²) >= 11 is 1.35. The Bertz CT molecular complexity index is 496. The first-order chi connectivity index (χ1) is 7.70. The van der Waals surface area contributed by atoms with Crippen LogP contribution in [-0.2, 0) is 13.6 Å². The Morgan fingerprint density at radius 3 is 2.94 bits per heavy atom. The number of nitrogens with zero attached hydrogens (tertiary/aromatic N) is 2. The van der Waals surface area contributed by atoms with Crippen LogP contribution < -0.4 is 5.73 Å². The number of aryl methyl sites for hydroxylation is 1. The molecule has 0 bridgehead atoms. The van der Waals surface area contributed by atoms with Gasteiger partial charge in [-0.3, -0.25) is 4.68 Å². The summed E-state index contributed by atoms with van der Waals surface area (Å²) in [5.74, 6) is -0.239. The van der Waals surface area contributed by atoms with Crippen LogP contribution in [-0.4, -0.2) is 9.78 Å². The molecule has 0 saturated carbocycles. The lowest BCUT2D eigenvalue weighted by Crippen LogP contribution is -1.99. The predicted molar refractivity (Wildman–Crippen MR) is 61.6 cm³/mol. The molecule has 0 aliphatic heterocycles. The van der Waals surface area contributed by atoms with E-state index in [0.29, 0.717) is 11.4 Å². The van der Waals surface area contributed by atoms with Gasteiger partial charge in [-0.2, -0.15) is 5.10 Å². The van der Waals surface area contributed by atoms with Gasteiger partial charge in [0.2, 0.25) is 0 Å². The largest absolute Gasteiger partial charge is 0.326 e.